The van der Waals surface area contributed by atoms with Gasteiger partial charge in [-0.1, -0.05) is 6.07 Å². The molecule has 2 aliphatic rings. The van der Waals surface area contributed by atoms with Crippen LogP contribution in [-0.2, 0) is 20.7 Å². The Morgan fingerprint density at radius 1 is 1.33 bits per heavy atom. The van der Waals surface area contributed by atoms with Crippen molar-refractivity contribution in [1.29, 1.82) is 0 Å². The number of ether oxygens (including phenoxy) is 3. The number of aliphatic hydroxyl groups is 1. The number of fused-ring (bicyclic) bond motifs is 5. The van der Waals surface area contributed by atoms with E-state index in [1.807, 2.05) is 12.1 Å². The van der Waals surface area contributed by atoms with E-state index in [1.54, 1.807) is 14.2 Å². The van der Waals surface area contributed by atoms with Gasteiger partial charge in [0, 0.05) is 42.2 Å². The average molecular weight is 415 g/mol. The number of carbonyl (C=O) groups excluding carboxylic acids is 1. The number of nitrogens with zero attached hydrogens (tertiary/aromatic N) is 1. The minimum Gasteiger partial charge on any atom is -0.504 e. The van der Waals surface area contributed by atoms with Crippen LogP contribution in [-0.4, -0.2) is 62.0 Å². The van der Waals surface area contributed by atoms with Crippen molar-refractivity contribution in [2.45, 2.75) is 25.3 Å². The summed E-state index contributed by atoms with van der Waals surface area (Å²) in [6.45, 7) is 1.86. The van der Waals surface area contributed by atoms with Crippen molar-refractivity contribution in [3.63, 3.8) is 0 Å². The minimum absolute atomic E-state index is 0.0509. The Labute approximate surface area is 176 Å². The van der Waals surface area contributed by atoms with Gasteiger partial charge in [-0.05, 0) is 42.9 Å². The van der Waals surface area contributed by atoms with E-state index in [9.17, 15) is 9.90 Å². The quantitative estimate of drug-likeness (QED) is 0.430. The van der Waals surface area contributed by atoms with Crippen molar-refractivity contribution in [2.75, 3.05) is 41.0 Å². The number of nitrogens with one attached hydrogen (secondary N) is 1. The SMILES string of the molecule is CO/C=C(/C(=O)OC)[C@H]1C[C@H]2c3[nH]c4cccc(OC)c4c3CCN2C[C@H]1CCO. The second kappa shape index (κ2) is 8.70. The highest BCUT2D eigenvalue weighted by atomic mass is 16.5. The number of hydrogen-bond donors (Lipinski definition) is 2. The number of aliphatic hydroxyl groups excluding tert-OH is 1. The Bertz CT molecular complexity index is 950. The first-order valence-electron chi connectivity index (χ1n) is 10.5. The average Bonchev–Trinajstić information content (AvgIpc) is 3.16. The smallest absolute Gasteiger partial charge is 0.337 e. The molecule has 0 radical (unpaired) electrons. The first kappa shape index (κ1) is 20.8. The number of rotatable bonds is 6. The minimum atomic E-state index is -0.368. The Morgan fingerprint density at radius 3 is 2.87 bits per heavy atom. The number of esters is 1. The molecule has 0 bridgehead atoms. The third kappa shape index (κ3) is 3.46. The van der Waals surface area contributed by atoms with E-state index >= 15 is 0 Å². The van der Waals surface area contributed by atoms with Crippen LogP contribution in [0.3, 0.4) is 0 Å². The maximum absolute atomic E-state index is 12.5. The fourth-order valence-electron chi connectivity index (χ4n) is 5.33. The van der Waals surface area contributed by atoms with Gasteiger partial charge in [-0.2, -0.15) is 0 Å². The van der Waals surface area contributed by atoms with Crippen molar-refractivity contribution in [2.24, 2.45) is 11.8 Å². The maximum atomic E-state index is 12.5. The van der Waals surface area contributed by atoms with E-state index in [4.69, 9.17) is 14.2 Å². The molecule has 4 rings (SSSR count). The summed E-state index contributed by atoms with van der Waals surface area (Å²) in [4.78, 5) is 18.6. The molecule has 0 aliphatic carbocycles. The summed E-state index contributed by atoms with van der Waals surface area (Å²) in [7, 11) is 4.64. The van der Waals surface area contributed by atoms with Gasteiger partial charge < -0.3 is 24.3 Å². The normalized spacial score (nSPS) is 24.3. The lowest BCUT2D eigenvalue weighted by Gasteiger charge is -2.46. The van der Waals surface area contributed by atoms with Gasteiger partial charge in [0.15, 0.2) is 0 Å². The highest BCUT2D eigenvalue weighted by Gasteiger charge is 2.43. The Hall–Kier alpha value is -2.51. The molecule has 30 heavy (non-hydrogen) atoms. The molecule has 1 aromatic heterocycles. The summed E-state index contributed by atoms with van der Waals surface area (Å²) < 4.78 is 15.9. The molecular formula is C23H30N2O5. The van der Waals surface area contributed by atoms with Crippen LogP contribution in [0.2, 0.25) is 0 Å². The van der Waals surface area contributed by atoms with Gasteiger partial charge in [0.05, 0.1) is 39.2 Å². The largest absolute Gasteiger partial charge is 0.504 e. The van der Waals surface area contributed by atoms with Gasteiger partial charge in [0.25, 0.3) is 0 Å². The lowest BCUT2D eigenvalue weighted by Crippen LogP contribution is -2.47. The molecule has 0 unspecified atom stereocenters. The molecule has 3 atom stereocenters. The summed E-state index contributed by atoms with van der Waals surface area (Å²) in [5.41, 5.74) is 4.13. The highest BCUT2D eigenvalue weighted by Crippen LogP contribution is 2.47. The zero-order chi connectivity index (χ0) is 21.3. The molecule has 2 N–H and O–H groups in total. The molecule has 1 aromatic carbocycles. The van der Waals surface area contributed by atoms with Gasteiger partial charge in [-0.25, -0.2) is 4.79 Å². The summed E-state index contributed by atoms with van der Waals surface area (Å²) in [5, 5.41) is 10.8. The zero-order valence-electron chi connectivity index (χ0n) is 17.8. The van der Waals surface area contributed by atoms with Gasteiger partial charge in [0.2, 0.25) is 0 Å². The van der Waals surface area contributed by atoms with Crippen LogP contribution in [0.15, 0.2) is 30.0 Å². The molecule has 0 amide bonds. The van der Waals surface area contributed by atoms with E-state index in [0.29, 0.717) is 12.0 Å². The predicted molar refractivity (Wildman–Crippen MR) is 113 cm³/mol. The van der Waals surface area contributed by atoms with Crippen molar-refractivity contribution in [3.05, 3.63) is 41.3 Å². The number of hydrogen-bond acceptors (Lipinski definition) is 6. The van der Waals surface area contributed by atoms with Crippen LogP contribution in [0.5, 0.6) is 5.75 Å². The van der Waals surface area contributed by atoms with E-state index in [0.717, 1.165) is 42.6 Å². The lowest BCUT2D eigenvalue weighted by atomic mass is 9.74. The number of aromatic amines is 1. The third-order valence-electron chi connectivity index (χ3n) is 6.65. The van der Waals surface area contributed by atoms with Crippen molar-refractivity contribution in [3.8, 4) is 5.75 Å². The fraction of sp³-hybridized carbons (Fsp3) is 0.522. The molecule has 2 aliphatic heterocycles. The molecule has 162 valence electrons. The second-order valence-electron chi connectivity index (χ2n) is 8.08. The summed E-state index contributed by atoms with van der Waals surface area (Å²) >= 11 is 0. The number of aromatic nitrogens is 1. The van der Waals surface area contributed by atoms with Gasteiger partial charge in [-0.3, -0.25) is 4.90 Å². The zero-order valence-corrected chi connectivity index (χ0v) is 17.8. The molecule has 1 fully saturated rings. The van der Waals surface area contributed by atoms with Crippen molar-refractivity contribution >= 4 is 16.9 Å². The first-order chi connectivity index (χ1) is 14.6. The number of methoxy groups -OCH3 is 3. The Morgan fingerprint density at radius 2 is 2.17 bits per heavy atom. The van der Waals surface area contributed by atoms with Gasteiger partial charge >= 0.3 is 5.97 Å². The van der Waals surface area contributed by atoms with Crippen LogP contribution >= 0.6 is 0 Å². The third-order valence-corrected chi connectivity index (χ3v) is 6.65. The molecule has 0 spiro atoms. The van der Waals surface area contributed by atoms with Gasteiger partial charge in [-0.15, -0.1) is 0 Å². The van der Waals surface area contributed by atoms with E-state index in [2.05, 4.69) is 16.0 Å². The highest BCUT2D eigenvalue weighted by molar-refractivity contribution is 5.91. The van der Waals surface area contributed by atoms with Crippen LogP contribution in [0.1, 0.15) is 30.1 Å². The standard InChI is InChI=1S/C23H30N2O5/c1-28-13-17(23(27)30-3)16-11-19-22-15(7-9-25(19)12-14(16)8-10-26)21-18(24-22)5-4-6-20(21)29-2/h4-6,13-14,16,19,24,26H,7-12H2,1-3H3/b17-13+/t14-,16+,19+/m1/s1. The molecule has 2 aromatic rings. The molecule has 3 heterocycles. The molecular weight excluding hydrogens is 384 g/mol. The van der Waals surface area contributed by atoms with Crippen LogP contribution < -0.4 is 4.74 Å². The monoisotopic (exact) mass is 414 g/mol. The molecule has 0 saturated carbocycles. The first-order valence-corrected chi connectivity index (χ1v) is 10.5. The summed E-state index contributed by atoms with van der Waals surface area (Å²) in [5.74, 6) is 0.628. The van der Waals surface area contributed by atoms with Crippen molar-refractivity contribution in [1.82, 2.24) is 9.88 Å². The predicted octanol–water partition coefficient (Wildman–Crippen LogP) is 2.80. The van der Waals surface area contributed by atoms with Crippen LogP contribution in [0.4, 0.5) is 0 Å². The number of carbonyl (C=O) groups is 1. The maximum Gasteiger partial charge on any atom is 0.337 e. The molecule has 1 saturated heterocycles. The van der Waals surface area contributed by atoms with Gasteiger partial charge in [0.1, 0.15) is 5.75 Å². The molecule has 7 heteroatoms. The molecule has 7 nitrogen and oxygen atoms in total. The Kier molecular flexibility index (Phi) is 6.01. The number of H-pyrrole nitrogens is 1. The number of piperidine rings is 1. The lowest BCUT2D eigenvalue weighted by molar-refractivity contribution is -0.137. The van der Waals surface area contributed by atoms with Crippen LogP contribution in [0, 0.1) is 11.8 Å². The Balaban J connectivity index is 1.75. The van der Waals surface area contributed by atoms with E-state index in [-0.39, 0.29) is 30.5 Å². The van der Waals surface area contributed by atoms with Crippen molar-refractivity contribution < 1.29 is 24.1 Å². The van der Waals surface area contributed by atoms with E-state index < -0.39 is 0 Å². The fourth-order valence-corrected chi connectivity index (χ4v) is 5.33. The van der Waals surface area contributed by atoms with E-state index in [1.165, 1.54) is 24.6 Å². The second-order valence-corrected chi connectivity index (χ2v) is 8.08. The topological polar surface area (TPSA) is 84.0 Å². The number of benzene rings is 1. The summed E-state index contributed by atoms with van der Waals surface area (Å²) in [6, 6.07) is 6.25. The van der Waals surface area contributed by atoms with Crippen LogP contribution in [0.25, 0.3) is 10.9 Å². The summed E-state index contributed by atoms with van der Waals surface area (Å²) in [6.07, 6.45) is 3.85.